The predicted octanol–water partition coefficient (Wildman–Crippen LogP) is 3.40. The topological polar surface area (TPSA) is 59.8 Å². The fraction of sp³-hybridized carbons (Fsp3) is 0.500. The Kier molecular flexibility index (Phi) is 5.23. The molecule has 0 saturated heterocycles. The summed E-state index contributed by atoms with van der Waals surface area (Å²) in [6.07, 6.45) is 2.33. The minimum atomic E-state index is -0.206. The zero-order valence-electron chi connectivity index (χ0n) is 14.4. The van der Waals surface area contributed by atoms with Gasteiger partial charge in [0.1, 0.15) is 5.82 Å². The van der Waals surface area contributed by atoms with E-state index in [1.807, 2.05) is 25.1 Å². The number of amides is 1. The van der Waals surface area contributed by atoms with Crippen LogP contribution in [0.3, 0.4) is 0 Å². The van der Waals surface area contributed by atoms with Crippen molar-refractivity contribution in [2.45, 2.75) is 49.9 Å². The van der Waals surface area contributed by atoms with Gasteiger partial charge in [-0.15, -0.1) is 10.2 Å². The molecular weight excluding hydrogens is 320 g/mol. The van der Waals surface area contributed by atoms with Gasteiger partial charge in [0.25, 0.3) is 0 Å². The first-order valence-corrected chi connectivity index (χ1v) is 9.39. The summed E-state index contributed by atoms with van der Waals surface area (Å²) < 4.78 is 2.11. The van der Waals surface area contributed by atoms with Gasteiger partial charge in [0, 0.05) is 18.2 Å². The van der Waals surface area contributed by atoms with Gasteiger partial charge in [-0.2, -0.15) is 0 Å². The number of nitrogens with one attached hydrogen (secondary N) is 1. The zero-order chi connectivity index (χ0) is 17.1. The van der Waals surface area contributed by atoms with Gasteiger partial charge in [-0.3, -0.25) is 9.36 Å². The molecule has 1 aliphatic carbocycles. The van der Waals surface area contributed by atoms with Crippen molar-refractivity contribution in [1.82, 2.24) is 20.1 Å². The van der Waals surface area contributed by atoms with Gasteiger partial charge in [0.15, 0.2) is 5.16 Å². The second-order valence-corrected chi connectivity index (χ2v) is 7.99. The quantitative estimate of drug-likeness (QED) is 0.782. The van der Waals surface area contributed by atoms with Crippen LogP contribution in [-0.4, -0.2) is 32.5 Å². The van der Waals surface area contributed by atoms with Crippen LogP contribution in [0.1, 0.15) is 45.4 Å². The number of carbonyl (C=O) groups excluding carboxylic acids is 1. The molecule has 128 valence electrons. The summed E-state index contributed by atoms with van der Waals surface area (Å²) >= 11 is 1.47. The van der Waals surface area contributed by atoms with Gasteiger partial charge in [0.05, 0.1) is 5.25 Å². The largest absolute Gasteiger partial charge is 0.355 e. The van der Waals surface area contributed by atoms with E-state index in [0.29, 0.717) is 18.4 Å². The predicted molar refractivity (Wildman–Crippen MR) is 96.5 cm³/mol. The molecular formula is C18H24N4OS. The van der Waals surface area contributed by atoms with Crippen LogP contribution in [-0.2, 0) is 4.79 Å². The Hall–Kier alpha value is -1.82. The van der Waals surface area contributed by atoms with E-state index in [9.17, 15) is 4.79 Å². The molecule has 5 nitrogen and oxygen atoms in total. The third-order valence-corrected chi connectivity index (χ3v) is 4.99. The van der Waals surface area contributed by atoms with Crippen molar-refractivity contribution in [1.29, 1.82) is 0 Å². The SMILES string of the molecule is CC(C)CNC(=O)C(C)Sc1nnc(C2CC2)n1-c1ccccc1. The molecule has 1 unspecified atom stereocenters. The van der Waals surface area contributed by atoms with Crippen LogP contribution >= 0.6 is 11.8 Å². The Morgan fingerprint density at radius 2 is 1.96 bits per heavy atom. The van der Waals surface area contributed by atoms with Gasteiger partial charge in [0.2, 0.25) is 5.91 Å². The summed E-state index contributed by atoms with van der Waals surface area (Å²) in [7, 11) is 0. The number of nitrogens with zero attached hydrogens (tertiary/aromatic N) is 3. The lowest BCUT2D eigenvalue weighted by molar-refractivity contribution is -0.120. The van der Waals surface area contributed by atoms with Crippen molar-refractivity contribution in [3.63, 3.8) is 0 Å². The Morgan fingerprint density at radius 1 is 1.25 bits per heavy atom. The smallest absolute Gasteiger partial charge is 0.233 e. The van der Waals surface area contributed by atoms with Crippen LogP contribution in [0.4, 0.5) is 0 Å². The molecule has 3 rings (SSSR count). The van der Waals surface area contributed by atoms with Crippen molar-refractivity contribution in [3.05, 3.63) is 36.2 Å². The highest BCUT2D eigenvalue weighted by molar-refractivity contribution is 8.00. The second-order valence-electron chi connectivity index (χ2n) is 6.69. The summed E-state index contributed by atoms with van der Waals surface area (Å²) in [5, 5.41) is 12.3. The van der Waals surface area contributed by atoms with Crippen LogP contribution in [0, 0.1) is 5.92 Å². The molecule has 1 aliphatic rings. The maximum Gasteiger partial charge on any atom is 0.233 e. The van der Waals surface area contributed by atoms with Crippen LogP contribution < -0.4 is 5.32 Å². The van der Waals surface area contributed by atoms with Gasteiger partial charge < -0.3 is 5.32 Å². The van der Waals surface area contributed by atoms with E-state index in [4.69, 9.17) is 0 Å². The van der Waals surface area contributed by atoms with Crippen molar-refractivity contribution in [2.75, 3.05) is 6.54 Å². The number of benzene rings is 1. The standard InChI is InChI=1S/C18H24N4OS/c1-12(2)11-19-17(23)13(3)24-18-21-20-16(14-9-10-14)22(18)15-7-5-4-6-8-15/h4-8,12-14H,9-11H2,1-3H3,(H,19,23). The van der Waals surface area contributed by atoms with Crippen molar-refractivity contribution in [3.8, 4) is 5.69 Å². The van der Waals surface area contributed by atoms with Crippen molar-refractivity contribution >= 4 is 17.7 Å². The van der Waals surface area contributed by atoms with E-state index in [0.717, 1.165) is 16.7 Å². The number of aromatic nitrogens is 3. The van der Waals surface area contributed by atoms with Crippen LogP contribution in [0.25, 0.3) is 5.69 Å². The molecule has 0 bridgehead atoms. The highest BCUT2D eigenvalue weighted by Crippen LogP contribution is 2.41. The Balaban J connectivity index is 1.79. The van der Waals surface area contributed by atoms with Gasteiger partial charge in [-0.25, -0.2) is 0 Å². The number of hydrogen-bond donors (Lipinski definition) is 1. The average Bonchev–Trinajstić information content (AvgIpc) is 3.34. The fourth-order valence-corrected chi connectivity index (χ4v) is 3.34. The molecule has 1 amide bonds. The molecule has 2 aromatic rings. The second kappa shape index (κ2) is 7.38. The van der Waals surface area contributed by atoms with E-state index >= 15 is 0 Å². The third-order valence-electron chi connectivity index (χ3n) is 3.95. The van der Waals surface area contributed by atoms with Crippen LogP contribution in [0.15, 0.2) is 35.5 Å². The molecule has 1 aromatic heterocycles. The van der Waals surface area contributed by atoms with Crippen molar-refractivity contribution < 1.29 is 4.79 Å². The van der Waals surface area contributed by atoms with Gasteiger partial charge >= 0.3 is 0 Å². The number of thioether (sulfide) groups is 1. The third kappa shape index (κ3) is 3.98. The fourth-order valence-electron chi connectivity index (χ4n) is 2.44. The summed E-state index contributed by atoms with van der Waals surface area (Å²) in [6, 6.07) is 10.1. The monoisotopic (exact) mass is 344 g/mol. The molecule has 0 spiro atoms. The maximum atomic E-state index is 12.3. The summed E-state index contributed by atoms with van der Waals surface area (Å²) in [6.45, 7) is 6.79. The van der Waals surface area contributed by atoms with E-state index in [1.165, 1.54) is 24.6 Å². The molecule has 1 aromatic carbocycles. The van der Waals surface area contributed by atoms with Gasteiger partial charge in [-0.05, 0) is 37.8 Å². The average molecular weight is 344 g/mol. The van der Waals surface area contributed by atoms with Crippen LogP contribution in [0.2, 0.25) is 0 Å². The molecule has 1 N–H and O–H groups in total. The molecule has 6 heteroatoms. The number of carbonyl (C=O) groups is 1. The number of rotatable bonds is 7. The lowest BCUT2D eigenvalue weighted by Crippen LogP contribution is -2.33. The molecule has 1 fully saturated rings. The minimum absolute atomic E-state index is 0.0456. The van der Waals surface area contributed by atoms with E-state index < -0.39 is 0 Å². The summed E-state index contributed by atoms with van der Waals surface area (Å²) in [5.41, 5.74) is 1.06. The van der Waals surface area contributed by atoms with E-state index in [1.54, 1.807) is 0 Å². The lowest BCUT2D eigenvalue weighted by Gasteiger charge is -2.14. The Morgan fingerprint density at radius 3 is 2.58 bits per heavy atom. The molecule has 1 heterocycles. The number of hydrogen-bond acceptors (Lipinski definition) is 4. The Labute approximate surface area is 147 Å². The Bertz CT molecular complexity index is 694. The van der Waals surface area contributed by atoms with E-state index in [2.05, 4.69) is 46.1 Å². The first kappa shape index (κ1) is 17.0. The first-order valence-electron chi connectivity index (χ1n) is 8.51. The summed E-state index contributed by atoms with van der Waals surface area (Å²) in [5.74, 6) is 2.00. The normalized spacial score (nSPS) is 15.5. The molecule has 0 radical (unpaired) electrons. The highest BCUT2D eigenvalue weighted by Gasteiger charge is 2.31. The van der Waals surface area contributed by atoms with E-state index in [-0.39, 0.29) is 11.2 Å². The molecule has 0 aliphatic heterocycles. The van der Waals surface area contributed by atoms with Gasteiger partial charge in [-0.1, -0.05) is 43.8 Å². The van der Waals surface area contributed by atoms with Crippen molar-refractivity contribution in [2.24, 2.45) is 5.92 Å². The highest BCUT2D eigenvalue weighted by atomic mass is 32.2. The molecule has 1 saturated carbocycles. The first-order chi connectivity index (χ1) is 11.6. The number of para-hydroxylation sites is 1. The zero-order valence-corrected chi connectivity index (χ0v) is 15.2. The minimum Gasteiger partial charge on any atom is -0.355 e. The maximum absolute atomic E-state index is 12.3. The lowest BCUT2D eigenvalue weighted by atomic mass is 10.2. The summed E-state index contributed by atoms with van der Waals surface area (Å²) in [4.78, 5) is 12.3. The van der Waals surface area contributed by atoms with Crippen LogP contribution in [0.5, 0.6) is 0 Å². The molecule has 24 heavy (non-hydrogen) atoms. The molecule has 1 atom stereocenters.